The normalized spacial score (nSPS) is 15.7. The van der Waals surface area contributed by atoms with E-state index < -0.39 is 0 Å². The number of furan rings is 1. The minimum Gasteiger partial charge on any atom is -0.490 e. The molecule has 0 saturated heterocycles. The van der Waals surface area contributed by atoms with Gasteiger partial charge in [-0.25, -0.2) is 5.01 Å². The van der Waals surface area contributed by atoms with Gasteiger partial charge in [-0.15, -0.1) is 0 Å². The average Bonchev–Trinajstić information content (AvgIpc) is 3.43. The molecule has 1 aliphatic rings. The van der Waals surface area contributed by atoms with Gasteiger partial charge in [0.15, 0.2) is 18.1 Å². The van der Waals surface area contributed by atoms with Gasteiger partial charge in [0, 0.05) is 6.42 Å². The van der Waals surface area contributed by atoms with Crippen molar-refractivity contribution in [3.05, 3.63) is 83.8 Å². The number of ether oxygens (including phenoxy) is 2. The number of nitrogens with zero attached hydrogens (tertiary/aromatic N) is 2. The lowest BCUT2D eigenvalue weighted by Crippen LogP contribution is -2.31. The summed E-state index contributed by atoms with van der Waals surface area (Å²) in [5.41, 5.74) is 3.02. The van der Waals surface area contributed by atoms with Crippen LogP contribution >= 0.6 is 0 Å². The predicted molar refractivity (Wildman–Crippen MR) is 114 cm³/mol. The van der Waals surface area contributed by atoms with E-state index in [-0.39, 0.29) is 18.6 Å². The van der Waals surface area contributed by atoms with E-state index in [9.17, 15) is 4.79 Å². The van der Waals surface area contributed by atoms with Crippen LogP contribution in [0.15, 0.2) is 76.4 Å². The maximum atomic E-state index is 13.0. The van der Waals surface area contributed by atoms with Crippen molar-refractivity contribution in [1.29, 1.82) is 0 Å². The van der Waals surface area contributed by atoms with Crippen LogP contribution in [0.1, 0.15) is 36.3 Å². The first-order chi connectivity index (χ1) is 14.7. The summed E-state index contributed by atoms with van der Waals surface area (Å²) in [4.78, 5) is 13.0. The average molecular weight is 404 g/mol. The Kier molecular flexibility index (Phi) is 5.84. The Bertz CT molecular complexity index is 1030. The molecule has 0 N–H and O–H groups in total. The molecule has 1 aliphatic heterocycles. The zero-order valence-electron chi connectivity index (χ0n) is 17.1. The van der Waals surface area contributed by atoms with E-state index in [2.05, 4.69) is 5.10 Å². The zero-order chi connectivity index (χ0) is 20.9. The number of para-hydroxylation sites is 2. The van der Waals surface area contributed by atoms with Crippen LogP contribution in [-0.2, 0) is 4.79 Å². The Morgan fingerprint density at radius 2 is 1.80 bits per heavy atom. The molecule has 2 heterocycles. The summed E-state index contributed by atoms with van der Waals surface area (Å²) in [6, 6.07) is 18.8. The molecular formula is C24H24N2O4. The third kappa shape index (κ3) is 4.22. The van der Waals surface area contributed by atoms with Crippen LogP contribution in [0.4, 0.5) is 0 Å². The lowest BCUT2D eigenvalue weighted by molar-refractivity contribution is -0.135. The molecule has 0 spiro atoms. The molecule has 1 aromatic heterocycles. The van der Waals surface area contributed by atoms with Gasteiger partial charge in [-0.1, -0.05) is 42.0 Å². The largest absolute Gasteiger partial charge is 0.490 e. The molecule has 0 aliphatic carbocycles. The molecule has 6 heteroatoms. The van der Waals surface area contributed by atoms with E-state index in [1.54, 1.807) is 12.3 Å². The van der Waals surface area contributed by atoms with E-state index in [4.69, 9.17) is 13.9 Å². The molecular weight excluding hydrogens is 380 g/mol. The minimum atomic E-state index is -0.297. The highest BCUT2D eigenvalue weighted by Crippen LogP contribution is 2.33. The Morgan fingerprint density at radius 1 is 1.07 bits per heavy atom. The van der Waals surface area contributed by atoms with E-state index >= 15 is 0 Å². The number of carbonyl (C=O) groups is 1. The van der Waals surface area contributed by atoms with Crippen molar-refractivity contribution in [2.75, 3.05) is 13.2 Å². The molecule has 3 aromatic rings. The highest BCUT2D eigenvalue weighted by molar-refractivity contribution is 6.03. The zero-order valence-corrected chi connectivity index (χ0v) is 17.1. The Morgan fingerprint density at radius 3 is 2.47 bits per heavy atom. The molecule has 1 atom stereocenters. The third-order valence-corrected chi connectivity index (χ3v) is 4.92. The van der Waals surface area contributed by atoms with Gasteiger partial charge in [0.1, 0.15) is 11.8 Å². The van der Waals surface area contributed by atoms with Crippen molar-refractivity contribution in [2.24, 2.45) is 5.10 Å². The second kappa shape index (κ2) is 8.86. The summed E-state index contributed by atoms with van der Waals surface area (Å²) in [5.74, 6) is 1.60. The quantitative estimate of drug-likeness (QED) is 0.570. The van der Waals surface area contributed by atoms with Crippen LogP contribution in [0.5, 0.6) is 11.5 Å². The summed E-state index contributed by atoms with van der Waals surface area (Å²) in [7, 11) is 0. The molecule has 0 fully saturated rings. The maximum Gasteiger partial charge on any atom is 0.281 e. The molecule has 154 valence electrons. The summed E-state index contributed by atoms with van der Waals surface area (Å²) >= 11 is 0. The molecule has 4 rings (SSSR count). The minimum absolute atomic E-state index is 0.147. The first kappa shape index (κ1) is 19.8. The van der Waals surface area contributed by atoms with Crippen LogP contribution in [0.2, 0.25) is 0 Å². The standard InChI is InChI=1S/C24H24N2O4/c1-3-28-22-7-4-5-8-23(22)30-16-24(27)26-20(21-9-6-14-29-21)15-19(25-26)18-12-10-17(2)11-13-18/h4-14,20H,3,15-16H2,1-2H3/t20-/m1/s1. The topological polar surface area (TPSA) is 64.3 Å². The smallest absolute Gasteiger partial charge is 0.281 e. The fourth-order valence-corrected chi connectivity index (χ4v) is 3.41. The number of hydrazone groups is 1. The summed E-state index contributed by atoms with van der Waals surface area (Å²) in [5, 5.41) is 6.10. The SMILES string of the molecule is CCOc1ccccc1OCC(=O)N1N=C(c2ccc(C)cc2)C[C@@H]1c1ccco1. The fourth-order valence-electron chi connectivity index (χ4n) is 3.41. The summed E-state index contributed by atoms with van der Waals surface area (Å²) in [6.45, 7) is 4.32. The fraction of sp³-hybridized carbons (Fsp3) is 0.250. The molecule has 0 radical (unpaired) electrons. The first-order valence-corrected chi connectivity index (χ1v) is 10.0. The number of hydrogen-bond acceptors (Lipinski definition) is 5. The Balaban J connectivity index is 1.54. The number of benzene rings is 2. The third-order valence-electron chi connectivity index (χ3n) is 4.92. The van der Waals surface area contributed by atoms with Crippen molar-refractivity contribution >= 4 is 11.6 Å². The van der Waals surface area contributed by atoms with Crippen LogP contribution in [0, 0.1) is 6.92 Å². The second-order valence-corrected chi connectivity index (χ2v) is 7.05. The van der Waals surface area contributed by atoms with Crippen LogP contribution in [-0.4, -0.2) is 29.8 Å². The van der Waals surface area contributed by atoms with Crippen molar-refractivity contribution < 1.29 is 18.7 Å². The predicted octanol–water partition coefficient (Wildman–Crippen LogP) is 4.74. The molecule has 0 bridgehead atoms. The van der Waals surface area contributed by atoms with Crippen LogP contribution in [0.3, 0.4) is 0 Å². The molecule has 0 unspecified atom stereocenters. The monoisotopic (exact) mass is 404 g/mol. The highest BCUT2D eigenvalue weighted by Gasteiger charge is 2.35. The van der Waals surface area contributed by atoms with Gasteiger partial charge in [0.25, 0.3) is 5.91 Å². The second-order valence-electron chi connectivity index (χ2n) is 7.05. The summed E-state index contributed by atoms with van der Waals surface area (Å²) < 4.78 is 16.9. The lowest BCUT2D eigenvalue weighted by atomic mass is 10.0. The van der Waals surface area contributed by atoms with Crippen molar-refractivity contribution in [3.8, 4) is 11.5 Å². The van der Waals surface area contributed by atoms with E-state index in [0.29, 0.717) is 30.3 Å². The maximum absolute atomic E-state index is 13.0. The van der Waals surface area contributed by atoms with Crippen molar-refractivity contribution in [2.45, 2.75) is 26.3 Å². The number of carbonyl (C=O) groups excluding carboxylic acids is 1. The van der Waals surface area contributed by atoms with Gasteiger partial charge < -0.3 is 13.9 Å². The molecule has 30 heavy (non-hydrogen) atoms. The van der Waals surface area contributed by atoms with E-state index in [1.165, 1.54) is 10.6 Å². The van der Waals surface area contributed by atoms with Crippen molar-refractivity contribution in [3.63, 3.8) is 0 Å². The van der Waals surface area contributed by atoms with Gasteiger partial charge in [-0.3, -0.25) is 4.79 Å². The molecule has 2 aromatic carbocycles. The van der Waals surface area contributed by atoms with Gasteiger partial charge in [0.2, 0.25) is 0 Å². The van der Waals surface area contributed by atoms with Gasteiger partial charge >= 0.3 is 0 Å². The van der Waals surface area contributed by atoms with Crippen LogP contribution in [0.25, 0.3) is 0 Å². The summed E-state index contributed by atoms with van der Waals surface area (Å²) in [6.07, 6.45) is 2.19. The van der Waals surface area contributed by atoms with Gasteiger partial charge in [-0.05, 0) is 43.7 Å². The first-order valence-electron chi connectivity index (χ1n) is 10.0. The Hall–Kier alpha value is -3.54. The molecule has 0 saturated carbocycles. The lowest BCUT2D eigenvalue weighted by Gasteiger charge is -2.20. The van der Waals surface area contributed by atoms with E-state index in [1.807, 2.05) is 68.4 Å². The number of amides is 1. The highest BCUT2D eigenvalue weighted by atomic mass is 16.5. The Labute approximate surface area is 175 Å². The van der Waals surface area contributed by atoms with Crippen molar-refractivity contribution in [1.82, 2.24) is 5.01 Å². The molecule has 1 amide bonds. The number of rotatable bonds is 7. The number of hydrogen-bond donors (Lipinski definition) is 0. The van der Waals surface area contributed by atoms with Crippen LogP contribution < -0.4 is 9.47 Å². The molecule has 6 nitrogen and oxygen atoms in total. The van der Waals surface area contributed by atoms with Gasteiger partial charge in [-0.2, -0.15) is 5.10 Å². The van der Waals surface area contributed by atoms with E-state index in [0.717, 1.165) is 11.3 Å². The number of aryl methyl sites for hydroxylation is 1. The van der Waals surface area contributed by atoms with Gasteiger partial charge in [0.05, 0.1) is 18.6 Å².